The summed E-state index contributed by atoms with van der Waals surface area (Å²) in [5, 5.41) is 11.5. The lowest BCUT2D eigenvalue weighted by atomic mass is 10.2. The summed E-state index contributed by atoms with van der Waals surface area (Å²) < 4.78 is 13.9. The Hall–Kier alpha value is -2.93. The summed E-state index contributed by atoms with van der Waals surface area (Å²) in [6.45, 7) is 9.14. The smallest absolute Gasteiger partial charge is 0.216 e. The molecule has 3 rings (SSSR count). The number of hydrogen-bond donors (Lipinski definition) is 1. The van der Waals surface area contributed by atoms with Gasteiger partial charge in [-0.2, -0.15) is 14.9 Å². The summed E-state index contributed by atoms with van der Waals surface area (Å²) in [5.74, 6) is 2.38. The zero-order valence-corrected chi connectivity index (χ0v) is 18.0. The normalized spacial score (nSPS) is 11.3. The molecule has 0 amide bonds. The molecular formula is C22H26N4O2S. The van der Waals surface area contributed by atoms with E-state index in [1.165, 1.54) is 5.56 Å². The van der Waals surface area contributed by atoms with Crippen LogP contribution in [0.2, 0.25) is 0 Å². The Bertz CT molecular complexity index is 1040. The van der Waals surface area contributed by atoms with Crippen LogP contribution in [0.15, 0.2) is 47.6 Å². The van der Waals surface area contributed by atoms with Gasteiger partial charge in [-0.3, -0.25) is 5.10 Å². The molecule has 29 heavy (non-hydrogen) atoms. The molecule has 0 aliphatic rings. The number of rotatable bonds is 8. The molecule has 0 unspecified atom stereocenters. The van der Waals surface area contributed by atoms with E-state index in [9.17, 15) is 0 Å². The van der Waals surface area contributed by atoms with Gasteiger partial charge in [-0.25, -0.2) is 0 Å². The average molecular weight is 411 g/mol. The maximum atomic E-state index is 5.98. The van der Waals surface area contributed by atoms with Gasteiger partial charge < -0.3 is 9.47 Å². The average Bonchev–Trinajstić information content (AvgIpc) is 3.08. The molecule has 6 nitrogen and oxygen atoms in total. The lowest BCUT2D eigenvalue weighted by Gasteiger charge is -2.13. The molecule has 0 radical (unpaired) electrons. The number of aryl methyl sites for hydroxylation is 1. The minimum absolute atomic E-state index is 0.205. The van der Waals surface area contributed by atoms with Gasteiger partial charge in [0.1, 0.15) is 6.61 Å². The highest BCUT2D eigenvalue weighted by molar-refractivity contribution is 7.71. The third-order valence-electron chi connectivity index (χ3n) is 4.30. The van der Waals surface area contributed by atoms with Crippen molar-refractivity contribution >= 4 is 18.4 Å². The summed E-state index contributed by atoms with van der Waals surface area (Å²) >= 11 is 5.27. The van der Waals surface area contributed by atoms with Crippen LogP contribution < -0.4 is 9.47 Å². The van der Waals surface area contributed by atoms with Crippen LogP contribution in [0.5, 0.6) is 11.5 Å². The quantitative estimate of drug-likeness (QED) is 0.408. The highest BCUT2D eigenvalue weighted by Gasteiger charge is 2.10. The number of ether oxygens (including phenoxy) is 2. The maximum Gasteiger partial charge on any atom is 0.216 e. The predicted octanol–water partition coefficient (Wildman–Crippen LogP) is 5.23. The molecule has 0 aliphatic carbocycles. The number of aromatic nitrogens is 3. The number of aromatic amines is 1. The van der Waals surface area contributed by atoms with Gasteiger partial charge in [0.2, 0.25) is 4.77 Å². The van der Waals surface area contributed by atoms with Crippen LogP contribution in [-0.2, 0) is 6.61 Å². The van der Waals surface area contributed by atoms with E-state index in [2.05, 4.69) is 46.5 Å². The van der Waals surface area contributed by atoms with E-state index in [0.717, 1.165) is 17.0 Å². The molecule has 0 fully saturated rings. The van der Waals surface area contributed by atoms with Crippen LogP contribution >= 0.6 is 12.2 Å². The van der Waals surface area contributed by atoms with Gasteiger partial charge in [0.05, 0.1) is 12.8 Å². The van der Waals surface area contributed by atoms with Gasteiger partial charge in [-0.05, 0) is 55.4 Å². The minimum atomic E-state index is 0.205. The first-order valence-electron chi connectivity index (χ1n) is 9.64. The van der Waals surface area contributed by atoms with Crippen molar-refractivity contribution in [3.05, 3.63) is 69.8 Å². The summed E-state index contributed by atoms with van der Waals surface area (Å²) in [4.78, 5) is 0. The van der Waals surface area contributed by atoms with Crippen molar-refractivity contribution in [2.24, 2.45) is 5.10 Å². The number of nitrogens with one attached hydrogen (secondary N) is 1. The van der Waals surface area contributed by atoms with Gasteiger partial charge in [0.25, 0.3) is 0 Å². The van der Waals surface area contributed by atoms with E-state index >= 15 is 0 Å². The van der Waals surface area contributed by atoms with E-state index in [1.54, 1.807) is 10.9 Å². The second kappa shape index (κ2) is 9.52. The molecular weight excluding hydrogens is 384 g/mol. The van der Waals surface area contributed by atoms with Crippen LogP contribution in [0.1, 0.15) is 49.2 Å². The van der Waals surface area contributed by atoms with Gasteiger partial charge in [-0.15, -0.1) is 0 Å². The summed E-state index contributed by atoms with van der Waals surface area (Å²) in [6.07, 6.45) is 1.74. The molecule has 2 aromatic carbocycles. The van der Waals surface area contributed by atoms with Crippen LogP contribution in [-0.4, -0.2) is 27.7 Å². The van der Waals surface area contributed by atoms with Crippen LogP contribution in [0, 0.1) is 11.7 Å². The molecule has 152 valence electrons. The van der Waals surface area contributed by atoms with E-state index < -0.39 is 0 Å². The van der Waals surface area contributed by atoms with Crippen molar-refractivity contribution in [3.63, 3.8) is 0 Å². The number of nitrogens with zero attached hydrogens (tertiary/aromatic N) is 3. The molecule has 7 heteroatoms. The fraction of sp³-hybridized carbons (Fsp3) is 0.318. The molecule has 0 saturated carbocycles. The van der Waals surface area contributed by atoms with Crippen molar-refractivity contribution < 1.29 is 9.47 Å². The summed E-state index contributed by atoms with van der Waals surface area (Å²) in [6, 6.07) is 14.0. The third-order valence-corrected chi connectivity index (χ3v) is 4.56. The molecule has 1 heterocycles. The van der Waals surface area contributed by atoms with Gasteiger partial charge in [0.15, 0.2) is 17.3 Å². The third kappa shape index (κ3) is 5.32. The summed E-state index contributed by atoms with van der Waals surface area (Å²) in [5.41, 5.74) is 3.22. The van der Waals surface area contributed by atoms with Gasteiger partial charge in [0, 0.05) is 5.92 Å². The SMILES string of the molecule is CCOc1cc(/C=N\n2c(C(C)C)n[nH]c2=S)ccc1OCc1ccc(C)cc1. The monoisotopic (exact) mass is 410 g/mol. The Morgan fingerprint density at radius 2 is 1.90 bits per heavy atom. The van der Waals surface area contributed by atoms with Crippen LogP contribution in [0.3, 0.4) is 0 Å². The molecule has 0 atom stereocenters. The zero-order valence-electron chi connectivity index (χ0n) is 17.2. The van der Waals surface area contributed by atoms with Crippen LogP contribution in [0.4, 0.5) is 0 Å². The maximum absolute atomic E-state index is 5.98. The fourth-order valence-corrected chi connectivity index (χ4v) is 2.94. The summed E-state index contributed by atoms with van der Waals surface area (Å²) in [7, 11) is 0. The van der Waals surface area contributed by atoms with Gasteiger partial charge in [-0.1, -0.05) is 43.7 Å². The highest BCUT2D eigenvalue weighted by atomic mass is 32.1. The van der Waals surface area contributed by atoms with Crippen molar-refractivity contribution in [2.75, 3.05) is 6.61 Å². The van der Waals surface area contributed by atoms with Crippen molar-refractivity contribution in [1.29, 1.82) is 0 Å². The predicted molar refractivity (Wildman–Crippen MR) is 118 cm³/mol. The van der Waals surface area contributed by atoms with Crippen molar-refractivity contribution in [3.8, 4) is 11.5 Å². The second-order valence-electron chi connectivity index (χ2n) is 7.01. The molecule has 0 saturated heterocycles. The molecule has 1 aromatic heterocycles. The molecule has 0 bridgehead atoms. The lowest BCUT2D eigenvalue weighted by molar-refractivity contribution is 0.269. The van der Waals surface area contributed by atoms with Gasteiger partial charge >= 0.3 is 0 Å². The number of H-pyrrole nitrogens is 1. The lowest BCUT2D eigenvalue weighted by Crippen LogP contribution is -2.02. The molecule has 1 N–H and O–H groups in total. The number of hydrogen-bond acceptors (Lipinski definition) is 5. The molecule has 3 aromatic rings. The van der Waals surface area contributed by atoms with E-state index in [0.29, 0.717) is 29.5 Å². The molecule has 0 aliphatic heterocycles. The Morgan fingerprint density at radius 1 is 1.14 bits per heavy atom. The topological polar surface area (TPSA) is 64.4 Å². The Balaban J connectivity index is 1.79. The largest absolute Gasteiger partial charge is 0.490 e. The van der Waals surface area contributed by atoms with E-state index in [4.69, 9.17) is 21.7 Å². The Kier molecular flexibility index (Phi) is 6.82. The molecule has 0 spiro atoms. The van der Waals surface area contributed by atoms with E-state index in [1.807, 2.05) is 39.0 Å². The van der Waals surface area contributed by atoms with Crippen LogP contribution in [0.25, 0.3) is 0 Å². The highest BCUT2D eigenvalue weighted by Crippen LogP contribution is 2.29. The second-order valence-corrected chi connectivity index (χ2v) is 7.40. The van der Waals surface area contributed by atoms with Crippen molar-refractivity contribution in [1.82, 2.24) is 14.9 Å². The first-order valence-corrected chi connectivity index (χ1v) is 10.1. The standard InChI is InChI=1S/C22H26N4O2S/c1-5-27-20-12-18(13-23-26-21(15(2)3)24-25-22(26)29)10-11-19(20)28-14-17-8-6-16(4)7-9-17/h6-13,15H,5,14H2,1-4H3,(H,25,29)/b23-13-. The first-order chi connectivity index (χ1) is 14.0. The Labute approximate surface area is 176 Å². The fourth-order valence-electron chi connectivity index (χ4n) is 2.75. The zero-order chi connectivity index (χ0) is 20.8. The van der Waals surface area contributed by atoms with Crippen molar-refractivity contribution in [2.45, 2.75) is 40.2 Å². The first kappa shape index (κ1) is 20.8. The minimum Gasteiger partial charge on any atom is -0.490 e. The number of benzene rings is 2. The Morgan fingerprint density at radius 3 is 2.59 bits per heavy atom. The van der Waals surface area contributed by atoms with E-state index in [-0.39, 0.29) is 5.92 Å².